The zero-order valence-electron chi connectivity index (χ0n) is 24.7. The number of fused-ring (bicyclic) bond motifs is 8. The van der Waals surface area contributed by atoms with E-state index >= 15 is 0 Å². The van der Waals surface area contributed by atoms with Crippen molar-refractivity contribution in [3.05, 3.63) is 116 Å². The fourth-order valence-corrected chi connectivity index (χ4v) is 6.78. The molecule has 46 heavy (non-hydrogen) atoms. The monoisotopic (exact) mass is 730 g/mol. The molecular formula is C38H28Br2N4O2. The summed E-state index contributed by atoms with van der Waals surface area (Å²) in [5, 5.41) is 0. The Labute approximate surface area is 282 Å². The molecule has 5 aromatic rings. The number of halogens is 2. The van der Waals surface area contributed by atoms with Gasteiger partial charge in [-0.15, -0.1) is 0 Å². The lowest BCUT2D eigenvalue weighted by Crippen LogP contribution is -1.91. The Morgan fingerprint density at radius 2 is 0.891 bits per heavy atom. The van der Waals surface area contributed by atoms with Crippen molar-refractivity contribution in [3.8, 4) is 22.3 Å². The van der Waals surface area contributed by atoms with Gasteiger partial charge in [-0.1, -0.05) is 48.5 Å². The number of H-pyrrole nitrogens is 2. The fourth-order valence-electron chi connectivity index (χ4n) is 5.87. The highest BCUT2D eigenvalue weighted by Gasteiger charge is 2.17. The number of benzene rings is 2. The number of carbonyl (C=O) groups excluding carboxylic acids is 2. The molecule has 0 saturated carbocycles. The molecule has 0 fully saturated rings. The number of nitrogens with zero attached hydrogens (tertiary/aromatic N) is 2. The van der Waals surface area contributed by atoms with Crippen LogP contribution in [0.3, 0.4) is 0 Å². The number of aryl methyl sites for hydroxylation is 2. The van der Waals surface area contributed by atoms with E-state index in [9.17, 15) is 9.59 Å². The summed E-state index contributed by atoms with van der Waals surface area (Å²) < 4.78 is 1.70. The quantitative estimate of drug-likeness (QED) is 0.152. The molecule has 0 saturated heterocycles. The molecule has 0 aliphatic carbocycles. The van der Waals surface area contributed by atoms with E-state index in [0.29, 0.717) is 19.3 Å². The number of nitrogens with one attached hydrogen (secondary N) is 2. The number of hydrogen-bond acceptors (Lipinski definition) is 4. The molecule has 5 heterocycles. The normalized spacial score (nSPS) is 12.0. The number of aromatic nitrogens is 4. The highest BCUT2D eigenvalue weighted by Crippen LogP contribution is 2.36. The highest BCUT2D eigenvalue weighted by atomic mass is 79.9. The lowest BCUT2D eigenvalue weighted by Gasteiger charge is -2.06. The van der Waals surface area contributed by atoms with Crippen LogP contribution in [0.1, 0.15) is 46.7 Å². The molecule has 0 atom stereocenters. The first-order valence-corrected chi connectivity index (χ1v) is 16.6. The van der Waals surface area contributed by atoms with Crippen LogP contribution in [-0.2, 0) is 22.4 Å². The summed E-state index contributed by atoms with van der Waals surface area (Å²) in [7, 11) is 0. The van der Waals surface area contributed by atoms with Gasteiger partial charge in [0.1, 0.15) is 12.6 Å². The molecular weight excluding hydrogens is 704 g/mol. The van der Waals surface area contributed by atoms with E-state index in [2.05, 4.69) is 115 Å². The Morgan fingerprint density at radius 1 is 0.500 bits per heavy atom. The summed E-state index contributed by atoms with van der Waals surface area (Å²) >= 11 is 7.68. The minimum Gasteiger partial charge on any atom is -0.354 e. The molecule has 226 valence electrons. The van der Waals surface area contributed by atoms with Crippen molar-refractivity contribution in [1.29, 1.82) is 0 Å². The molecule has 8 bridgehead atoms. The Bertz CT molecular complexity index is 2110. The average molecular weight is 732 g/mol. The van der Waals surface area contributed by atoms with Crippen LogP contribution in [0.15, 0.2) is 81.7 Å². The third-order valence-corrected chi connectivity index (χ3v) is 9.88. The van der Waals surface area contributed by atoms with Crippen LogP contribution >= 0.6 is 31.9 Å². The first kappa shape index (κ1) is 30.0. The van der Waals surface area contributed by atoms with Crippen LogP contribution in [-0.4, -0.2) is 32.5 Å². The van der Waals surface area contributed by atoms with Crippen LogP contribution in [0.4, 0.5) is 0 Å². The van der Waals surface area contributed by atoms with E-state index in [1.165, 1.54) is 0 Å². The Hall–Kier alpha value is -4.66. The molecule has 3 aromatic heterocycles. The first-order chi connectivity index (χ1) is 22.5. The maximum absolute atomic E-state index is 10.9. The van der Waals surface area contributed by atoms with Crippen molar-refractivity contribution in [3.63, 3.8) is 0 Å². The van der Waals surface area contributed by atoms with Gasteiger partial charge in [-0.2, -0.15) is 0 Å². The summed E-state index contributed by atoms with van der Waals surface area (Å²) in [5.74, 6) is 0. The number of aldehydes is 2. The number of carbonyl (C=O) groups is 2. The van der Waals surface area contributed by atoms with Crippen molar-refractivity contribution >= 4 is 90.8 Å². The van der Waals surface area contributed by atoms with Crippen molar-refractivity contribution in [2.75, 3.05) is 0 Å². The van der Waals surface area contributed by atoms with E-state index in [1.807, 2.05) is 24.3 Å². The Morgan fingerprint density at radius 3 is 1.33 bits per heavy atom. The van der Waals surface area contributed by atoms with Crippen LogP contribution in [0.25, 0.3) is 68.6 Å². The third kappa shape index (κ3) is 5.86. The maximum atomic E-state index is 10.9. The van der Waals surface area contributed by atoms with Gasteiger partial charge in [0.15, 0.2) is 0 Å². The largest absolute Gasteiger partial charge is 0.354 e. The zero-order chi connectivity index (χ0) is 31.6. The maximum Gasteiger partial charge on any atom is 0.120 e. The summed E-state index contributed by atoms with van der Waals surface area (Å²) in [6, 6.07) is 25.0. The number of aromatic amines is 2. The summed E-state index contributed by atoms with van der Waals surface area (Å²) in [6.45, 7) is 0. The molecule has 0 spiro atoms. The van der Waals surface area contributed by atoms with Crippen LogP contribution in [0.2, 0.25) is 0 Å². The van der Waals surface area contributed by atoms with E-state index < -0.39 is 0 Å². The van der Waals surface area contributed by atoms with Gasteiger partial charge < -0.3 is 19.6 Å². The third-order valence-electron chi connectivity index (χ3n) is 8.21. The van der Waals surface area contributed by atoms with E-state index in [4.69, 9.17) is 9.97 Å². The second-order valence-electron chi connectivity index (χ2n) is 11.2. The van der Waals surface area contributed by atoms with Crippen molar-refractivity contribution < 1.29 is 9.59 Å². The van der Waals surface area contributed by atoms with E-state index in [0.717, 1.165) is 106 Å². The van der Waals surface area contributed by atoms with Gasteiger partial charge in [0, 0.05) is 35.0 Å². The highest BCUT2D eigenvalue weighted by molar-refractivity contribution is 9.11. The van der Waals surface area contributed by atoms with Gasteiger partial charge in [0.2, 0.25) is 0 Å². The smallest absolute Gasteiger partial charge is 0.120 e. The summed E-state index contributed by atoms with van der Waals surface area (Å²) in [4.78, 5) is 39.2. The molecule has 8 heteroatoms. The summed E-state index contributed by atoms with van der Waals surface area (Å²) in [5.41, 5.74) is 13.2. The molecule has 2 aromatic carbocycles. The molecule has 7 rings (SSSR count). The van der Waals surface area contributed by atoms with Crippen molar-refractivity contribution in [1.82, 2.24) is 19.9 Å². The SMILES string of the molecule is O=CCCc1ccc(-c2c3nc(c(Br)c4ccc([nH]4)c(-c4ccc(CCC=O)cc4)c4ccc([nH]4)c(Br)c4nc2C=C4)C=C3)cc1. The Kier molecular flexibility index (Phi) is 8.47. The van der Waals surface area contributed by atoms with E-state index in [1.54, 1.807) is 0 Å². The lowest BCUT2D eigenvalue weighted by atomic mass is 9.99. The van der Waals surface area contributed by atoms with Crippen LogP contribution < -0.4 is 0 Å². The molecule has 0 radical (unpaired) electrons. The van der Waals surface area contributed by atoms with Gasteiger partial charge >= 0.3 is 0 Å². The molecule has 0 unspecified atom stereocenters. The predicted octanol–water partition coefficient (Wildman–Crippen LogP) is 9.78. The van der Waals surface area contributed by atoms with Crippen molar-refractivity contribution in [2.24, 2.45) is 0 Å². The second kappa shape index (κ2) is 13.0. The van der Waals surface area contributed by atoms with Gasteiger partial charge in [-0.05, 0) is 116 Å². The van der Waals surface area contributed by atoms with Crippen molar-refractivity contribution in [2.45, 2.75) is 25.7 Å². The number of rotatable bonds is 8. The molecule has 2 aliphatic heterocycles. The zero-order valence-corrected chi connectivity index (χ0v) is 27.9. The number of hydrogen-bond donors (Lipinski definition) is 2. The molecule has 0 amide bonds. The molecule has 2 N–H and O–H groups in total. The standard InChI is InChI=1S/C38H28Br2N4O2/c39-37-31-17-13-27(41-31)35(25-9-5-23(6-10-25)3-1-21-45)28-14-18-32(42-28)38(40)34-20-16-30(44-34)36(29-15-19-33(37)43-29)26-11-7-24(8-12-26)4-2-22-46/h5-22,41-42H,1-4H2. The second-order valence-corrected chi connectivity index (χ2v) is 12.8. The Balaban J connectivity index is 1.48. The molecule has 6 nitrogen and oxygen atoms in total. The van der Waals surface area contributed by atoms with Gasteiger partial charge in [-0.3, -0.25) is 0 Å². The van der Waals surface area contributed by atoms with Gasteiger partial charge in [0.05, 0.1) is 42.8 Å². The van der Waals surface area contributed by atoms with Gasteiger partial charge in [-0.25, -0.2) is 9.97 Å². The minimum absolute atomic E-state index is 0.500. The minimum atomic E-state index is 0.500. The van der Waals surface area contributed by atoms with E-state index in [-0.39, 0.29) is 0 Å². The van der Waals surface area contributed by atoms with Crippen LogP contribution in [0.5, 0.6) is 0 Å². The fraction of sp³-hybridized carbons (Fsp3) is 0.105. The molecule has 2 aliphatic rings. The first-order valence-electron chi connectivity index (χ1n) is 15.1. The van der Waals surface area contributed by atoms with Crippen LogP contribution in [0, 0.1) is 0 Å². The average Bonchev–Trinajstić information content (AvgIpc) is 3.92. The topological polar surface area (TPSA) is 91.5 Å². The van der Waals surface area contributed by atoms with Gasteiger partial charge in [0.25, 0.3) is 0 Å². The summed E-state index contributed by atoms with van der Waals surface area (Å²) in [6.07, 6.45) is 12.4. The lowest BCUT2D eigenvalue weighted by molar-refractivity contribution is -0.108. The predicted molar refractivity (Wildman–Crippen MR) is 194 cm³/mol.